The van der Waals surface area contributed by atoms with Crippen LogP contribution < -0.4 is 5.32 Å². The van der Waals surface area contributed by atoms with E-state index in [2.05, 4.69) is 32.9 Å². The maximum atomic E-state index is 11.9. The molecule has 5 nitrogen and oxygen atoms in total. The number of anilines is 1. The van der Waals surface area contributed by atoms with Crippen molar-refractivity contribution in [3.8, 4) is 0 Å². The summed E-state index contributed by atoms with van der Waals surface area (Å²) in [4.78, 5) is 11.9. The summed E-state index contributed by atoms with van der Waals surface area (Å²) in [6.07, 6.45) is 2.41. The number of H-pyrrole nitrogens is 1. The Labute approximate surface area is 98.2 Å². The summed E-state index contributed by atoms with van der Waals surface area (Å²) in [6, 6.07) is 10.1. The van der Waals surface area contributed by atoms with E-state index in [4.69, 9.17) is 0 Å². The van der Waals surface area contributed by atoms with Gasteiger partial charge in [-0.1, -0.05) is 30.3 Å². The van der Waals surface area contributed by atoms with Crippen molar-refractivity contribution < 1.29 is 4.79 Å². The molecule has 0 unspecified atom stereocenters. The molecule has 0 bridgehead atoms. The molecule has 2 N–H and O–H groups in total. The maximum Gasteiger partial charge on any atom is 0.229 e. The van der Waals surface area contributed by atoms with E-state index >= 15 is 0 Å². The van der Waals surface area contributed by atoms with Crippen molar-refractivity contribution in [1.82, 2.24) is 15.4 Å². The summed E-state index contributed by atoms with van der Waals surface area (Å²) in [7, 11) is 0. The van der Waals surface area contributed by atoms with E-state index in [1.807, 2.05) is 18.2 Å². The summed E-state index contributed by atoms with van der Waals surface area (Å²) >= 11 is 0. The third kappa shape index (κ3) is 2.04. The Morgan fingerprint density at radius 2 is 2.18 bits per heavy atom. The lowest BCUT2D eigenvalue weighted by Crippen LogP contribution is -2.14. The summed E-state index contributed by atoms with van der Waals surface area (Å²) in [5.74, 6) is 0.915. The first-order chi connectivity index (χ1) is 8.34. The standard InChI is InChI=1S/C12H12N4O/c17-12(14-11-7-13-16-15-11)10-6-9(10)8-4-2-1-3-5-8/h1-5,7,9-10H,6H2,(H2,13,14,15,16,17)/t9-,10+/m0/s1. The fraction of sp³-hybridized carbons (Fsp3) is 0.250. The average molecular weight is 228 g/mol. The van der Waals surface area contributed by atoms with Crippen LogP contribution in [0.25, 0.3) is 0 Å². The molecule has 2 aromatic rings. The van der Waals surface area contributed by atoms with Crippen LogP contribution in [0.5, 0.6) is 0 Å². The molecule has 1 fully saturated rings. The van der Waals surface area contributed by atoms with Crippen molar-refractivity contribution in [3.63, 3.8) is 0 Å². The van der Waals surface area contributed by atoms with E-state index in [9.17, 15) is 4.79 Å². The monoisotopic (exact) mass is 228 g/mol. The van der Waals surface area contributed by atoms with Crippen LogP contribution in [0.3, 0.4) is 0 Å². The molecule has 86 valence electrons. The summed E-state index contributed by atoms with van der Waals surface area (Å²) in [6.45, 7) is 0. The minimum atomic E-state index is 0.0211. The maximum absolute atomic E-state index is 11.9. The van der Waals surface area contributed by atoms with Gasteiger partial charge in [0.15, 0.2) is 5.82 Å². The molecular formula is C12H12N4O. The Morgan fingerprint density at radius 1 is 1.35 bits per heavy atom. The van der Waals surface area contributed by atoms with Crippen molar-refractivity contribution in [2.75, 3.05) is 5.32 Å². The molecule has 17 heavy (non-hydrogen) atoms. The zero-order valence-electron chi connectivity index (χ0n) is 9.13. The molecule has 1 aliphatic rings. The van der Waals surface area contributed by atoms with Crippen LogP contribution in [-0.4, -0.2) is 21.3 Å². The van der Waals surface area contributed by atoms with Crippen LogP contribution in [0.1, 0.15) is 17.9 Å². The highest BCUT2D eigenvalue weighted by atomic mass is 16.2. The Balaban J connectivity index is 1.63. The van der Waals surface area contributed by atoms with Crippen molar-refractivity contribution in [1.29, 1.82) is 0 Å². The molecule has 0 saturated heterocycles. The number of rotatable bonds is 3. The number of aromatic amines is 1. The second-order valence-electron chi connectivity index (χ2n) is 4.20. The quantitative estimate of drug-likeness (QED) is 0.837. The molecule has 1 amide bonds. The van der Waals surface area contributed by atoms with E-state index in [0.29, 0.717) is 11.7 Å². The molecule has 5 heteroatoms. The fourth-order valence-electron chi connectivity index (χ4n) is 2.03. The smallest absolute Gasteiger partial charge is 0.229 e. The van der Waals surface area contributed by atoms with E-state index in [1.165, 1.54) is 11.8 Å². The van der Waals surface area contributed by atoms with Crippen LogP contribution in [-0.2, 0) is 4.79 Å². The number of hydrogen-bond donors (Lipinski definition) is 2. The van der Waals surface area contributed by atoms with E-state index in [0.717, 1.165) is 6.42 Å². The first-order valence-electron chi connectivity index (χ1n) is 5.56. The third-order valence-corrected chi connectivity index (χ3v) is 3.02. The van der Waals surface area contributed by atoms with Gasteiger partial charge in [-0.25, -0.2) is 0 Å². The third-order valence-electron chi connectivity index (χ3n) is 3.02. The first-order valence-corrected chi connectivity index (χ1v) is 5.56. The Kier molecular flexibility index (Phi) is 2.36. The number of nitrogens with one attached hydrogen (secondary N) is 2. The summed E-state index contributed by atoms with van der Waals surface area (Å²) in [5, 5.41) is 12.6. The molecular weight excluding hydrogens is 216 g/mol. The number of amides is 1. The van der Waals surface area contributed by atoms with Crippen molar-refractivity contribution in [3.05, 3.63) is 42.1 Å². The fourth-order valence-corrected chi connectivity index (χ4v) is 2.03. The lowest BCUT2D eigenvalue weighted by Gasteiger charge is -2.00. The second kappa shape index (κ2) is 4.01. The second-order valence-corrected chi connectivity index (χ2v) is 4.20. The predicted molar refractivity (Wildman–Crippen MR) is 62.3 cm³/mol. The lowest BCUT2D eigenvalue weighted by atomic mass is 10.1. The van der Waals surface area contributed by atoms with Gasteiger partial charge in [-0.15, -0.1) is 5.10 Å². The average Bonchev–Trinajstić information content (AvgIpc) is 3.02. The lowest BCUT2D eigenvalue weighted by molar-refractivity contribution is -0.117. The SMILES string of the molecule is O=C(Nc1cn[nH]n1)[C@@H]1C[C@H]1c1ccccc1. The van der Waals surface area contributed by atoms with Gasteiger partial charge >= 0.3 is 0 Å². The normalized spacial score (nSPS) is 22.1. The van der Waals surface area contributed by atoms with Crippen LogP contribution in [0.4, 0.5) is 5.82 Å². The van der Waals surface area contributed by atoms with Gasteiger partial charge in [0, 0.05) is 5.92 Å². The highest BCUT2D eigenvalue weighted by molar-refractivity contribution is 5.94. The number of carbonyl (C=O) groups is 1. The van der Waals surface area contributed by atoms with Gasteiger partial charge < -0.3 is 5.32 Å². The molecule has 0 radical (unpaired) electrons. The van der Waals surface area contributed by atoms with Crippen molar-refractivity contribution in [2.24, 2.45) is 5.92 Å². The number of hydrogen-bond acceptors (Lipinski definition) is 3. The van der Waals surface area contributed by atoms with E-state index in [-0.39, 0.29) is 11.8 Å². The Morgan fingerprint density at radius 3 is 2.88 bits per heavy atom. The molecule has 0 spiro atoms. The summed E-state index contributed by atoms with van der Waals surface area (Å²) < 4.78 is 0. The molecule has 1 aromatic heterocycles. The zero-order valence-corrected chi connectivity index (χ0v) is 9.13. The molecule has 1 aliphatic carbocycles. The van der Waals surface area contributed by atoms with E-state index < -0.39 is 0 Å². The van der Waals surface area contributed by atoms with Gasteiger partial charge in [-0.2, -0.15) is 10.3 Å². The van der Waals surface area contributed by atoms with E-state index in [1.54, 1.807) is 0 Å². The topological polar surface area (TPSA) is 70.7 Å². The Bertz CT molecular complexity index is 509. The molecule has 0 aliphatic heterocycles. The van der Waals surface area contributed by atoms with Gasteiger partial charge in [0.2, 0.25) is 5.91 Å². The van der Waals surface area contributed by atoms with Gasteiger partial charge in [0.05, 0.1) is 6.20 Å². The molecule has 2 atom stereocenters. The van der Waals surface area contributed by atoms with Crippen LogP contribution in [0.15, 0.2) is 36.5 Å². The highest BCUT2D eigenvalue weighted by Crippen LogP contribution is 2.47. The number of nitrogens with zero attached hydrogens (tertiary/aromatic N) is 2. The zero-order chi connectivity index (χ0) is 11.7. The molecule has 1 saturated carbocycles. The van der Waals surface area contributed by atoms with Gasteiger partial charge in [0.25, 0.3) is 0 Å². The number of carbonyl (C=O) groups excluding carboxylic acids is 1. The van der Waals surface area contributed by atoms with Crippen molar-refractivity contribution >= 4 is 11.7 Å². The predicted octanol–water partition coefficient (Wildman–Crippen LogP) is 1.55. The van der Waals surface area contributed by atoms with Crippen LogP contribution in [0, 0.1) is 5.92 Å². The van der Waals surface area contributed by atoms with Crippen LogP contribution in [0.2, 0.25) is 0 Å². The summed E-state index contributed by atoms with van der Waals surface area (Å²) in [5.41, 5.74) is 1.23. The number of aromatic nitrogens is 3. The van der Waals surface area contributed by atoms with Gasteiger partial charge in [-0.3, -0.25) is 4.79 Å². The minimum Gasteiger partial charge on any atom is -0.308 e. The molecule has 3 rings (SSSR count). The number of benzene rings is 1. The first kappa shape index (κ1) is 10.0. The van der Waals surface area contributed by atoms with Crippen LogP contribution >= 0.6 is 0 Å². The van der Waals surface area contributed by atoms with Crippen molar-refractivity contribution in [2.45, 2.75) is 12.3 Å². The molecule has 1 aromatic carbocycles. The largest absolute Gasteiger partial charge is 0.308 e. The van der Waals surface area contributed by atoms with Gasteiger partial charge in [0.1, 0.15) is 0 Å². The Hall–Kier alpha value is -2.17. The highest BCUT2D eigenvalue weighted by Gasteiger charge is 2.43. The van der Waals surface area contributed by atoms with Gasteiger partial charge in [-0.05, 0) is 17.9 Å². The minimum absolute atomic E-state index is 0.0211. The molecule has 1 heterocycles.